The van der Waals surface area contributed by atoms with E-state index in [1.54, 1.807) is 36.4 Å². The van der Waals surface area contributed by atoms with E-state index in [1.165, 1.54) is 16.2 Å². The summed E-state index contributed by atoms with van der Waals surface area (Å²) in [5, 5.41) is 10.2. The Morgan fingerprint density at radius 2 is 1.92 bits per heavy atom. The molecule has 2 aromatic heterocycles. The van der Waals surface area contributed by atoms with Crippen molar-refractivity contribution in [3.63, 3.8) is 0 Å². The van der Waals surface area contributed by atoms with E-state index in [2.05, 4.69) is 24.0 Å². The molecule has 1 aliphatic rings. The monoisotopic (exact) mass is 504 g/mol. The number of hydrogen-bond donors (Lipinski definition) is 1. The van der Waals surface area contributed by atoms with Gasteiger partial charge in [-0.3, -0.25) is 19.3 Å². The predicted octanol–water partition coefficient (Wildman–Crippen LogP) is 3.77. The van der Waals surface area contributed by atoms with Crippen LogP contribution in [-0.2, 0) is 11.2 Å². The molecule has 1 aliphatic heterocycles. The molecule has 5 rings (SSSR count). The summed E-state index contributed by atoms with van der Waals surface area (Å²) in [6.07, 6.45) is 0.726. The normalized spacial score (nSPS) is 15.1. The number of carbonyl (C=O) groups excluding carboxylic acids is 2. The third-order valence-corrected chi connectivity index (χ3v) is 6.79. The second kappa shape index (κ2) is 9.19. The van der Waals surface area contributed by atoms with Crippen molar-refractivity contribution >= 4 is 39.3 Å². The van der Waals surface area contributed by atoms with Gasteiger partial charge in [0.15, 0.2) is 12.0 Å². The van der Waals surface area contributed by atoms with Crippen molar-refractivity contribution in [2.45, 2.75) is 33.2 Å². The maximum atomic E-state index is 13.7. The zero-order valence-electron chi connectivity index (χ0n) is 20.0. The van der Waals surface area contributed by atoms with Crippen molar-refractivity contribution in [2.75, 3.05) is 11.5 Å². The van der Waals surface area contributed by atoms with Crippen molar-refractivity contribution in [3.05, 3.63) is 80.1 Å². The van der Waals surface area contributed by atoms with Gasteiger partial charge in [-0.15, -0.1) is 10.2 Å². The summed E-state index contributed by atoms with van der Waals surface area (Å²) in [4.78, 5) is 39.9. The Hall–Kier alpha value is -4.05. The van der Waals surface area contributed by atoms with Crippen LogP contribution in [0.1, 0.15) is 52.1 Å². The molecule has 184 valence electrons. The van der Waals surface area contributed by atoms with Crippen LogP contribution in [0.25, 0.3) is 11.0 Å². The number of rotatable bonds is 7. The fraction of sp³-hybridized carbons (Fsp3) is 0.269. The van der Waals surface area contributed by atoms with E-state index in [-0.39, 0.29) is 23.4 Å². The molecular formula is C26H24N4O5S. The number of amides is 2. The predicted molar refractivity (Wildman–Crippen MR) is 135 cm³/mol. The van der Waals surface area contributed by atoms with Crippen LogP contribution in [0.2, 0.25) is 0 Å². The van der Waals surface area contributed by atoms with Crippen molar-refractivity contribution in [2.24, 2.45) is 11.7 Å². The molecule has 2 amide bonds. The lowest BCUT2D eigenvalue weighted by atomic mass is 9.98. The summed E-state index contributed by atoms with van der Waals surface area (Å²) in [7, 11) is 0. The molecular weight excluding hydrogens is 480 g/mol. The molecule has 2 N–H and O–H groups in total. The zero-order valence-corrected chi connectivity index (χ0v) is 20.8. The minimum absolute atomic E-state index is 0.00369. The Kier molecular flexibility index (Phi) is 6.05. The van der Waals surface area contributed by atoms with Crippen LogP contribution in [0.4, 0.5) is 5.13 Å². The summed E-state index contributed by atoms with van der Waals surface area (Å²) in [5.41, 5.74) is 7.07. The van der Waals surface area contributed by atoms with Crippen LogP contribution in [-0.4, -0.2) is 28.6 Å². The summed E-state index contributed by atoms with van der Waals surface area (Å²) < 4.78 is 11.4. The third kappa shape index (κ3) is 4.24. The number of hydrogen-bond acceptors (Lipinski definition) is 8. The molecule has 36 heavy (non-hydrogen) atoms. The topological polar surface area (TPSA) is 129 Å². The zero-order chi connectivity index (χ0) is 25.6. The summed E-state index contributed by atoms with van der Waals surface area (Å²) in [5.74, 6) is -0.233. The standard InChI is InChI=1S/C26H24N4O5S/c1-13(2)10-20-28-29-26(36-20)30-22(15-5-7-16(8-6-15)34-12-19(27)31)21-23(32)17-11-14(3)4-9-18(17)35-24(21)25(30)33/h4-9,11,13,22H,10,12H2,1-3H3,(H2,27,31). The summed E-state index contributed by atoms with van der Waals surface area (Å²) in [6.45, 7) is 5.80. The Balaban J connectivity index is 1.66. The number of aromatic nitrogens is 2. The maximum Gasteiger partial charge on any atom is 0.297 e. The van der Waals surface area contributed by atoms with Gasteiger partial charge >= 0.3 is 0 Å². The van der Waals surface area contributed by atoms with Gasteiger partial charge in [0.2, 0.25) is 10.9 Å². The van der Waals surface area contributed by atoms with Crippen molar-refractivity contribution in [1.29, 1.82) is 0 Å². The molecule has 0 spiro atoms. The van der Waals surface area contributed by atoms with E-state index in [0.717, 1.165) is 17.0 Å². The minimum atomic E-state index is -0.765. The first-order valence-corrected chi connectivity index (χ1v) is 12.3. The van der Waals surface area contributed by atoms with E-state index in [1.807, 2.05) is 13.0 Å². The summed E-state index contributed by atoms with van der Waals surface area (Å²) >= 11 is 1.32. The number of fused-ring (bicyclic) bond motifs is 2. The quantitative estimate of drug-likeness (QED) is 0.406. The first kappa shape index (κ1) is 23.7. The first-order valence-electron chi connectivity index (χ1n) is 11.5. The molecule has 9 nitrogen and oxygen atoms in total. The smallest absolute Gasteiger partial charge is 0.297 e. The van der Waals surface area contributed by atoms with Gasteiger partial charge in [0, 0.05) is 6.42 Å². The lowest BCUT2D eigenvalue weighted by Crippen LogP contribution is -2.29. The van der Waals surface area contributed by atoms with Crippen LogP contribution in [0.3, 0.4) is 0 Å². The molecule has 0 saturated heterocycles. The van der Waals surface area contributed by atoms with E-state index < -0.39 is 17.9 Å². The Bertz CT molecular complexity index is 1540. The van der Waals surface area contributed by atoms with Crippen LogP contribution >= 0.6 is 11.3 Å². The minimum Gasteiger partial charge on any atom is -0.484 e. The highest BCUT2D eigenvalue weighted by Crippen LogP contribution is 2.42. The van der Waals surface area contributed by atoms with Crippen LogP contribution in [0, 0.1) is 12.8 Å². The maximum absolute atomic E-state index is 13.7. The Morgan fingerprint density at radius 1 is 1.17 bits per heavy atom. The fourth-order valence-corrected chi connectivity index (χ4v) is 5.35. The molecule has 1 atom stereocenters. The Labute approximate surface area is 210 Å². The van der Waals surface area contributed by atoms with Gasteiger partial charge in [-0.25, -0.2) is 0 Å². The van der Waals surface area contributed by atoms with E-state index in [0.29, 0.717) is 33.3 Å². The van der Waals surface area contributed by atoms with Crippen molar-refractivity contribution in [1.82, 2.24) is 10.2 Å². The highest BCUT2D eigenvalue weighted by atomic mass is 32.1. The molecule has 0 saturated carbocycles. The molecule has 0 bridgehead atoms. The Morgan fingerprint density at radius 3 is 2.61 bits per heavy atom. The van der Waals surface area contributed by atoms with Gasteiger partial charge < -0.3 is 14.9 Å². The number of ether oxygens (including phenoxy) is 1. The molecule has 0 aliphatic carbocycles. The lowest BCUT2D eigenvalue weighted by molar-refractivity contribution is -0.119. The molecule has 2 aromatic carbocycles. The number of aryl methyl sites for hydroxylation is 1. The largest absolute Gasteiger partial charge is 0.484 e. The van der Waals surface area contributed by atoms with Crippen molar-refractivity contribution < 1.29 is 18.7 Å². The average molecular weight is 505 g/mol. The number of carbonyl (C=O) groups is 2. The third-order valence-electron chi connectivity index (χ3n) is 5.85. The number of primary amides is 1. The van der Waals surface area contributed by atoms with Gasteiger partial charge in [-0.1, -0.05) is 48.9 Å². The first-order chi connectivity index (χ1) is 17.2. The van der Waals surface area contributed by atoms with Gasteiger partial charge in [0.1, 0.15) is 16.3 Å². The van der Waals surface area contributed by atoms with E-state index in [4.69, 9.17) is 14.9 Å². The molecule has 10 heteroatoms. The second-order valence-electron chi connectivity index (χ2n) is 9.15. The lowest BCUT2D eigenvalue weighted by Gasteiger charge is -2.22. The number of anilines is 1. The van der Waals surface area contributed by atoms with E-state index >= 15 is 0 Å². The highest BCUT2D eigenvalue weighted by Gasteiger charge is 2.45. The number of nitrogens with zero attached hydrogens (tertiary/aromatic N) is 3. The molecule has 1 unspecified atom stereocenters. The van der Waals surface area contributed by atoms with Crippen LogP contribution < -0.4 is 20.8 Å². The van der Waals surface area contributed by atoms with Crippen LogP contribution in [0.15, 0.2) is 51.7 Å². The number of nitrogens with two attached hydrogens (primary N) is 1. The second-order valence-corrected chi connectivity index (χ2v) is 10.2. The van der Waals surface area contributed by atoms with Gasteiger partial charge in [0.05, 0.1) is 17.0 Å². The number of benzene rings is 2. The van der Waals surface area contributed by atoms with Gasteiger partial charge in [-0.2, -0.15) is 0 Å². The van der Waals surface area contributed by atoms with Gasteiger partial charge in [-0.05, 0) is 42.7 Å². The molecule has 0 fully saturated rings. The van der Waals surface area contributed by atoms with Crippen molar-refractivity contribution in [3.8, 4) is 5.75 Å². The highest BCUT2D eigenvalue weighted by molar-refractivity contribution is 7.15. The fourth-order valence-electron chi connectivity index (χ4n) is 4.27. The van der Waals surface area contributed by atoms with Gasteiger partial charge in [0.25, 0.3) is 11.8 Å². The SMILES string of the molecule is Cc1ccc2oc3c(c(=O)c2c1)C(c1ccc(OCC(N)=O)cc1)N(c1nnc(CC(C)C)s1)C3=O. The van der Waals surface area contributed by atoms with E-state index in [9.17, 15) is 14.4 Å². The molecule has 3 heterocycles. The molecule has 4 aromatic rings. The van der Waals surface area contributed by atoms with Crippen LogP contribution in [0.5, 0.6) is 5.75 Å². The summed E-state index contributed by atoms with van der Waals surface area (Å²) in [6, 6.07) is 11.3. The molecule has 0 radical (unpaired) electrons. The average Bonchev–Trinajstić information content (AvgIpc) is 3.40.